The lowest BCUT2D eigenvalue weighted by atomic mass is 9.86. The molecule has 0 aromatic heterocycles. The molecule has 1 aromatic carbocycles. The zero-order chi connectivity index (χ0) is 11.7. The van der Waals surface area contributed by atoms with E-state index in [1.165, 1.54) is 0 Å². The van der Waals surface area contributed by atoms with Crippen LogP contribution in [0.15, 0.2) is 40.9 Å². The fourth-order valence-electron chi connectivity index (χ4n) is 1.75. The summed E-state index contributed by atoms with van der Waals surface area (Å²) in [6, 6.07) is 7.40. The molecule has 0 spiro atoms. The van der Waals surface area contributed by atoms with Crippen LogP contribution in [0.25, 0.3) is 0 Å². The molecule has 0 amide bonds. The molecule has 0 aliphatic carbocycles. The van der Waals surface area contributed by atoms with Crippen LogP contribution in [-0.4, -0.2) is 23.8 Å². The van der Waals surface area contributed by atoms with Crippen molar-refractivity contribution in [3.8, 4) is 0 Å². The van der Waals surface area contributed by atoms with Crippen LogP contribution in [0.4, 0.5) is 0 Å². The summed E-state index contributed by atoms with van der Waals surface area (Å²) in [6.45, 7) is 4.03. The normalized spacial score (nSPS) is 25.9. The summed E-state index contributed by atoms with van der Waals surface area (Å²) in [5, 5.41) is 9.36. The number of Topliss-reactive ketones (excluding diaryl/α,β-unsaturated/α-hetero) is 1. The van der Waals surface area contributed by atoms with E-state index in [0.717, 1.165) is 10.0 Å². The van der Waals surface area contributed by atoms with E-state index in [4.69, 9.17) is 4.74 Å². The van der Waals surface area contributed by atoms with Gasteiger partial charge >= 0.3 is 0 Å². The number of halogens is 1. The van der Waals surface area contributed by atoms with Crippen LogP contribution in [0.3, 0.4) is 0 Å². The molecule has 1 heterocycles. The highest BCUT2D eigenvalue weighted by atomic mass is 79.9. The van der Waals surface area contributed by atoms with E-state index in [1.54, 1.807) is 0 Å². The predicted octanol–water partition coefficient (Wildman–Crippen LogP) is 2.01. The Bertz CT molecular complexity index is 424. The maximum absolute atomic E-state index is 11.8. The van der Waals surface area contributed by atoms with Gasteiger partial charge in [-0.25, -0.2) is 0 Å². The van der Waals surface area contributed by atoms with Crippen LogP contribution in [0.2, 0.25) is 0 Å². The van der Waals surface area contributed by atoms with Crippen LogP contribution in [0, 0.1) is 0 Å². The Hall–Kier alpha value is -0.970. The molecule has 2 rings (SSSR count). The van der Waals surface area contributed by atoms with E-state index in [0.29, 0.717) is 5.57 Å². The first kappa shape index (κ1) is 11.5. The number of hydrogen-bond acceptors (Lipinski definition) is 3. The highest BCUT2D eigenvalue weighted by Crippen LogP contribution is 2.30. The van der Waals surface area contributed by atoms with E-state index < -0.39 is 12.2 Å². The van der Waals surface area contributed by atoms with Gasteiger partial charge < -0.3 is 9.84 Å². The van der Waals surface area contributed by atoms with Crippen LogP contribution in [-0.2, 0) is 9.53 Å². The van der Waals surface area contributed by atoms with Crippen molar-refractivity contribution < 1.29 is 14.6 Å². The molecular formula is C12H11BrO3. The molecule has 2 unspecified atom stereocenters. The second-order valence-electron chi connectivity index (χ2n) is 3.71. The van der Waals surface area contributed by atoms with Crippen molar-refractivity contribution in [3.63, 3.8) is 0 Å². The number of aliphatic hydroxyl groups excluding tert-OH is 1. The minimum atomic E-state index is -1.33. The second-order valence-corrected chi connectivity index (χ2v) is 4.62. The zero-order valence-corrected chi connectivity index (χ0v) is 10.1. The predicted molar refractivity (Wildman–Crippen MR) is 63.0 cm³/mol. The number of carbonyl (C=O) groups is 1. The van der Waals surface area contributed by atoms with Crippen LogP contribution < -0.4 is 0 Å². The van der Waals surface area contributed by atoms with Gasteiger partial charge in [-0.1, -0.05) is 34.6 Å². The third-order valence-corrected chi connectivity index (χ3v) is 3.09. The molecule has 1 fully saturated rings. The number of ketones is 1. The lowest BCUT2D eigenvalue weighted by molar-refractivity contribution is -0.160. The third-order valence-electron chi connectivity index (χ3n) is 2.57. The monoisotopic (exact) mass is 282 g/mol. The molecule has 16 heavy (non-hydrogen) atoms. The summed E-state index contributed by atoms with van der Waals surface area (Å²) in [4.78, 5) is 11.8. The molecule has 1 N–H and O–H groups in total. The molecule has 1 saturated heterocycles. The molecule has 1 aliphatic heterocycles. The molecule has 4 heteroatoms. The van der Waals surface area contributed by atoms with Crippen molar-refractivity contribution in [1.82, 2.24) is 0 Å². The fourth-order valence-corrected chi connectivity index (χ4v) is 2.01. The van der Waals surface area contributed by atoms with Crippen molar-refractivity contribution in [1.29, 1.82) is 0 Å². The minimum absolute atomic E-state index is 0.216. The summed E-state index contributed by atoms with van der Waals surface area (Å²) in [5.74, 6) is -0.810. The average molecular weight is 283 g/mol. The second kappa shape index (κ2) is 4.49. The Kier molecular flexibility index (Phi) is 3.23. The summed E-state index contributed by atoms with van der Waals surface area (Å²) in [7, 11) is 0. The average Bonchev–Trinajstić information content (AvgIpc) is 2.27. The Balaban J connectivity index is 2.34. The molecule has 2 atom stereocenters. The van der Waals surface area contributed by atoms with Crippen molar-refractivity contribution >= 4 is 21.7 Å². The van der Waals surface area contributed by atoms with Gasteiger partial charge in [-0.05, 0) is 23.3 Å². The highest BCUT2D eigenvalue weighted by molar-refractivity contribution is 9.10. The number of rotatable bonds is 1. The molecule has 1 aliphatic rings. The Morgan fingerprint density at radius 2 is 2.00 bits per heavy atom. The standard InChI is InChI=1S/C12H11BrO3/c1-7-6-16-12(15)11(14)10(7)8-2-4-9(13)5-3-8/h2-5,10,12,15H,1,6H2. The van der Waals surface area contributed by atoms with Gasteiger partial charge in [-0.15, -0.1) is 0 Å². The molecule has 84 valence electrons. The van der Waals surface area contributed by atoms with E-state index in [-0.39, 0.29) is 12.4 Å². The number of benzene rings is 1. The van der Waals surface area contributed by atoms with Crippen molar-refractivity contribution in [2.45, 2.75) is 12.2 Å². The lowest BCUT2D eigenvalue weighted by Crippen LogP contribution is -2.36. The minimum Gasteiger partial charge on any atom is -0.362 e. The maximum Gasteiger partial charge on any atom is 0.216 e. The first-order valence-electron chi connectivity index (χ1n) is 4.86. The number of aliphatic hydroxyl groups is 1. The van der Waals surface area contributed by atoms with Gasteiger partial charge in [0.2, 0.25) is 6.29 Å². The maximum atomic E-state index is 11.8. The number of hydrogen-bond donors (Lipinski definition) is 1. The van der Waals surface area contributed by atoms with Gasteiger partial charge in [0.1, 0.15) is 0 Å². The Morgan fingerprint density at radius 1 is 1.38 bits per heavy atom. The van der Waals surface area contributed by atoms with Crippen molar-refractivity contribution in [2.24, 2.45) is 0 Å². The van der Waals surface area contributed by atoms with Gasteiger partial charge in [0.05, 0.1) is 12.5 Å². The topological polar surface area (TPSA) is 46.5 Å². The molecule has 3 nitrogen and oxygen atoms in total. The van der Waals surface area contributed by atoms with Crippen LogP contribution in [0.5, 0.6) is 0 Å². The number of ether oxygens (including phenoxy) is 1. The summed E-state index contributed by atoms with van der Waals surface area (Å²) >= 11 is 3.33. The quantitative estimate of drug-likeness (QED) is 0.802. The van der Waals surface area contributed by atoms with E-state index >= 15 is 0 Å². The summed E-state index contributed by atoms with van der Waals surface area (Å²) in [6.07, 6.45) is -1.33. The van der Waals surface area contributed by atoms with E-state index in [2.05, 4.69) is 22.5 Å². The van der Waals surface area contributed by atoms with E-state index in [1.807, 2.05) is 24.3 Å². The summed E-state index contributed by atoms with van der Waals surface area (Å²) < 4.78 is 5.82. The van der Waals surface area contributed by atoms with Gasteiger partial charge in [0.15, 0.2) is 5.78 Å². The largest absolute Gasteiger partial charge is 0.362 e. The van der Waals surface area contributed by atoms with Gasteiger partial charge in [-0.3, -0.25) is 4.79 Å². The van der Waals surface area contributed by atoms with Crippen LogP contribution in [0.1, 0.15) is 11.5 Å². The summed E-state index contributed by atoms with van der Waals surface area (Å²) in [5.41, 5.74) is 1.51. The number of carbonyl (C=O) groups excluding carboxylic acids is 1. The molecule has 0 saturated carbocycles. The molecule has 0 radical (unpaired) electrons. The molecule has 1 aromatic rings. The molecular weight excluding hydrogens is 272 g/mol. The van der Waals surface area contributed by atoms with Gasteiger partial charge in [0.25, 0.3) is 0 Å². The Labute approximate surface area is 102 Å². The Morgan fingerprint density at radius 3 is 2.62 bits per heavy atom. The third kappa shape index (κ3) is 2.09. The van der Waals surface area contributed by atoms with Crippen molar-refractivity contribution in [2.75, 3.05) is 6.61 Å². The SMILES string of the molecule is C=C1COC(O)C(=O)C1c1ccc(Br)cc1. The smallest absolute Gasteiger partial charge is 0.216 e. The fraction of sp³-hybridized carbons (Fsp3) is 0.250. The van der Waals surface area contributed by atoms with Gasteiger partial charge in [0, 0.05) is 4.47 Å². The van der Waals surface area contributed by atoms with E-state index in [9.17, 15) is 9.90 Å². The van der Waals surface area contributed by atoms with Crippen LogP contribution >= 0.6 is 15.9 Å². The lowest BCUT2D eigenvalue weighted by Gasteiger charge is -2.27. The zero-order valence-electron chi connectivity index (χ0n) is 8.52. The van der Waals surface area contributed by atoms with Gasteiger partial charge in [-0.2, -0.15) is 0 Å². The molecule has 0 bridgehead atoms. The first-order valence-corrected chi connectivity index (χ1v) is 5.65. The van der Waals surface area contributed by atoms with Crippen molar-refractivity contribution in [3.05, 3.63) is 46.5 Å². The first-order chi connectivity index (χ1) is 7.59. The highest BCUT2D eigenvalue weighted by Gasteiger charge is 2.34.